The summed E-state index contributed by atoms with van der Waals surface area (Å²) in [6, 6.07) is 9.75. The van der Waals surface area contributed by atoms with Crippen LogP contribution in [0.3, 0.4) is 0 Å². The van der Waals surface area contributed by atoms with E-state index in [0.717, 1.165) is 17.0 Å². The van der Waals surface area contributed by atoms with E-state index in [-0.39, 0.29) is 6.54 Å². The Balaban J connectivity index is 2.15. The first kappa shape index (κ1) is 12.2. The van der Waals surface area contributed by atoms with Gasteiger partial charge in [0.05, 0.1) is 13.7 Å². The van der Waals surface area contributed by atoms with Gasteiger partial charge < -0.3 is 14.5 Å². The lowest BCUT2D eigenvalue weighted by Crippen LogP contribution is -2.22. The zero-order valence-electron chi connectivity index (χ0n) is 10.3. The van der Waals surface area contributed by atoms with Gasteiger partial charge in [0, 0.05) is 5.56 Å². The van der Waals surface area contributed by atoms with Gasteiger partial charge in [-0.3, -0.25) is 0 Å². The maximum atomic E-state index is 10.9. The standard InChI is InChI=1S/C13H14N2O3/c1-9-12(10-6-4-3-5-7-10)15-11(18-9)8-14-13(16)17-2/h3-7H,8H2,1-2H3,(H,14,16). The Morgan fingerprint density at radius 1 is 1.39 bits per heavy atom. The molecule has 94 valence electrons. The molecule has 18 heavy (non-hydrogen) atoms. The number of aromatic nitrogens is 1. The van der Waals surface area contributed by atoms with Crippen LogP contribution < -0.4 is 5.32 Å². The Morgan fingerprint density at radius 2 is 2.11 bits per heavy atom. The molecule has 0 radical (unpaired) electrons. The van der Waals surface area contributed by atoms with Gasteiger partial charge >= 0.3 is 6.09 Å². The normalized spacial score (nSPS) is 10.1. The van der Waals surface area contributed by atoms with E-state index in [1.165, 1.54) is 7.11 Å². The molecule has 0 spiro atoms. The van der Waals surface area contributed by atoms with Crippen molar-refractivity contribution in [2.45, 2.75) is 13.5 Å². The van der Waals surface area contributed by atoms with Crippen LogP contribution in [0.5, 0.6) is 0 Å². The van der Waals surface area contributed by atoms with Crippen molar-refractivity contribution in [3.63, 3.8) is 0 Å². The number of ether oxygens (including phenoxy) is 1. The summed E-state index contributed by atoms with van der Waals surface area (Å²) in [4.78, 5) is 15.3. The quantitative estimate of drug-likeness (QED) is 0.903. The Kier molecular flexibility index (Phi) is 3.62. The van der Waals surface area contributed by atoms with Crippen LogP contribution in [0.15, 0.2) is 34.7 Å². The van der Waals surface area contributed by atoms with Crippen molar-refractivity contribution in [1.82, 2.24) is 10.3 Å². The van der Waals surface area contributed by atoms with Crippen molar-refractivity contribution in [3.05, 3.63) is 42.0 Å². The first-order chi connectivity index (χ1) is 8.70. The van der Waals surface area contributed by atoms with Gasteiger partial charge in [-0.1, -0.05) is 30.3 Å². The summed E-state index contributed by atoms with van der Waals surface area (Å²) >= 11 is 0. The molecule has 2 aromatic rings. The highest BCUT2D eigenvalue weighted by molar-refractivity contribution is 5.66. The number of benzene rings is 1. The fourth-order valence-corrected chi connectivity index (χ4v) is 1.61. The number of carbonyl (C=O) groups is 1. The third-order valence-electron chi connectivity index (χ3n) is 2.46. The second kappa shape index (κ2) is 5.35. The molecule has 0 saturated carbocycles. The summed E-state index contributed by atoms with van der Waals surface area (Å²) in [5, 5.41) is 2.52. The molecule has 0 saturated heterocycles. The van der Waals surface area contributed by atoms with Crippen molar-refractivity contribution in [2.75, 3.05) is 7.11 Å². The summed E-state index contributed by atoms with van der Waals surface area (Å²) in [6.45, 7) is 2.05. The predicted octanol–water partition coefficient (Wildman–Crippen LogP) is 2.51. The van der Waals surface area contributed by atoms with Gasteiger partial charge in [-0.25, -0.2) is 9.78 Å². The number of methoxy groups -OCH3 is 1. The van der Waals surface area contributed by atoms with Crippen LogP contribution in [-0.2, 0) is 11.3 Å². The Hall–Kier alpha value is -2.30. The van der Waals surface area contributed by atoms with E-state index in [1.54, 1.807) is 0 Å². The van der Waals surface area contributed by atoms with Gasteiger partial charge in [0.25, 0.3) is 0 Å². The number of hydrogen-bond acceptors (Lipinski definition) is 4. The van der Waals surface area contributed by atoms with Crippen LogP contribution in [0.4, 0.5) is 4.79 Å². The highest BCUT2D eigenvalue weighted by Gasteiger charge is 2.11. The molecule has 1 N–H and O–H groups in total. The van der Waals surface area contributed by atoms with Gasteiger partial charge in [-0.2, -0.15) is 0 Å². The van der Waals surface area contributed by atoms with E-state index in [9.17, 15) is 4.79 Å². The topological polar surface area (TPSA) is 64.4 Å². The fourth-order valence-electron chi connectivity index (χ4n) is 1.61. The summed E-state index contributed by atoms with van der Waals surface area (Å²) in [7, 11) is 1.31. The molecule has 5 heteroatoms. The van der Waals surface area contributed by atoms with E-state index in [0.29, 0.717) is 5.89 Å². The summed E-state index contributed by atoms with van der Waals surface area (Å²) < 4.78 is 9.96. The Bertz CT molecular complexity index is 534. The second-order valence-corrected chi connectivity index (χ2v) is 3.72. The minimum Gasteiger partial charge on any atom is -0.453 e. The van der Waals surface area contributed by atoms with Crippen LogP contribution >= 0.6 is 0 Å². The number of alkyl carbamates (subject to hydrolysis) is 1. The summed E-state index contributed by atoms with van der Waals surface area (Å²) in [5.41, 5.74) is 1.78. The molecule has 2 rings (SSSR count). The number of hydrogen-bond donors (Lipinski definition) is 1. The van der Waals surface area contributed by atoms with E-state index >= 15 is 0 Å². The first-order valence-electron chi connectivity index (χ1n) is 5.54. The van der Waals surface area contributed by atoms with E-state index in [4.69, 9.17) is 4.42 Å². The monoisotopic (exact) mass is 246 g/mol. The van der Waals surface area contributed by atoms with Gasteiger partial charge in [0.2, 0.25) is 5.89 Å². The predicted molar refractivity (Wildman–Crippen MR) is 65.9 cm³/mol. The van der Waals surface area contributed by atoms with Crippen LogP contribution in [-0.4, -0.2) is 18.2 Å². The molecule has 1 aromatic carbocycles. The zero-order chi connectivity index (χ0) is 13.0. The van der Waals surface area contributed by atoms with Gasteiger partial charge in [0.1, 0.15) is 11.5 Å². The molecule has 0 unspecified atom stereocenters. The Morgan fingerprint density at radius 3 is 2.78 bits per heavy atom. The van der Waals surface area contributed by atoms with E-state index < -0.39 is 6.09 Å². The number of rotatable bonds is 3. The molecular formula is C13H14N2O3. The number of nitrogens with zero attached hydrogens (tertiary/aromatic N) is 1. The molecule has 5 nitrogen and oxygen atoms in total. The number of oxazole rings is 1. The third-order valence-corrected chi connectivity index (χ3v) is 2.46. The number of amides is 1. The van der Waals surface area contributed by atoms with Crippen LogP contribution in [0.1, 0.15) is 11.7 Å². The lowest BCUT2D eigenvalue weighted by Gasteiger charge is -1.98. The number of aryl methyl sites for hydroxylation is 1. The Labute approximate surface area is 105 Å². The molecule has 0 aliphatic heterocycles. The maximum absolute atomic E-state index is 10.9. The lowest BCUT2D eigenvalue weighted by atomic mass is 10.1. The largest absolute Gasteiger partial charge is 0.453 e. The van der Waals surface area contributed by atoms with Crippen molar-refractivity contribution >= 4 is 6.09 Å². The smallest absolute Gasteiger partial charge is 0.407 e. The molecule has 0 bridgehead atoms. The van der Waals surface area contributed by atoms with Crippen molar-refractivity contribution in [2.24, 2.45) is 0 Å². The van der Waals surface area contributed by atoms with Crippen molar-refractivity contribution < 1.29 is 13.9 Å². The molecule has 1 amide bonds. The molecule has 1 aromatic heterocycles. The van der Waals surface area contributed by atoms with E-state index in [1.807, 2.05) is 37.3 Å². The summed E-state index contributed by atoms with van der Waals surface area (Å²) in [5.74, 6) is 1.18. The van der Waals surface area contributed by atoms with Gasteiger partial charge in [-0.05, 0) is 6.92 Å². The van der Waals surface area contributed by atoms with Crippen molar-refractivity contribution in [3.8, 4) is 11.3 Å². The second-order valence-electron chi connectivity index (χ2n) is 3.72. The average Bonchev–Trinajstić information content (AvgIpc) is 2.78. The van der Waals surface area contributed by atoms with Crippen LogP contribution in [0, 0.1) is 6.92 Å². The van der Waals surface area contributed by atoms with E-state index in [2.05, 4.69) is 15.0 Å². The summed E-state index contributed by atoms with van der Waals surface area (Å²) in [6.07, 6.45) is -0.507. The van der Waals surface area contributed by atoms with Gasteiger partial charge in [-0.15, -0.1) is 0 Å². The minimum absolute atomic E-state index is 0.209. The molecule has 0 atom stereocenters. The first-order valence-corrected chi connectivity index (χ1v) is 5.54. The lowest BCUT2D eigenvalue weighted by molar-refractivity contribution is 0.169. The number of carbonyl (C=O) groups excluding carboxylic acids is 1. The minimum atomic E-state index is -0.507. The van der Waals surface area contributed by atoms with Crippen LogP contribution in [0.2, 0.25) is 0 Å². The third kappa shape index (κ3) is 2.68. The van der Waals surface area contributed by atoms with Crippen molar-refractivity contribution in [1.29, 1.82) is 0 Å². The number of nitrogens with one attached hydrogen (secondary N) is 1. The van der Waals surface area contributed by atoms with Crippen LogP contribution in [0.25, 0.3) is 11.3 Å². The maximum Gasteiger partial charge on any atom is 0.407 e. The zero-order valence-corrected chi connectivity index (χ0v) is 10.3. The molecular weight excluding hydrogens is 232 g/mol. The molecule has 0 aliphatic rings. The fraction of sp³-hybridized carbons (Fsp3) is 0.231. The molecule has 0 fully saturated rings. The SMILES string of the molecule is COC(=O)NCc1nc(-c2ccccc2)c(C)o1. The molecule has 0 aliphatic carbocycles. The average molecular weight is 246 g/mol. The van der Waals surface area contributed by atoms with Gasteiger partial charge in [0.15, 0.2) is 0 Å². The molecule has 1 heterocycles. The highest BCUT2D eigenvalue weighted by atomic mass is 16.5. The highest BCUT2D eigenvalue weighted by Crippen LogP contribution is 2.22.